The van der Waals surface area contributed by atoms with Gasteiger partial charge in [-0.25, -0.2) is 4.98 Å². The number of aromatic nitrogens is 1. The standard InChI is InChI=1S/C24H23ClN4O4S/c1-14(30)26-17-8-5-15(6-9-17)19-13-34-24(27-19)28-22(31)20-4-3-11-29(20)23(32)18-12-16(25)7-10-21(18)33-2/h5-10,12-13,20H,3-4,11H2,1-2H3,(H,26,30)(H,27,28,31). The zero-order valence-electron chi connectivity index (χ0n) is 18.6. The van der Waals surface area contributed by atoms with Crippen LogP contribution in [0.5, 0.6) is 5.75 Å². The number of carbonyl (C=O) groups is 3. The van der Waals surface area contributed by atoms with Gasteiger partial charge >= 0.3 is 0 Å². The summed E-state index contributed by atoms with van der Waals surface area (Å²) in [5.74, 6) is -0.306. The molecule has 1 saturated heterocycles. The molecule has 1 fully saturated rings. The molecular formula is C24H23ClN4O4S. The van der Waals surface area contributed by atoms with E-state index in [1.54, 1.807) is 35.2 Å². The lowest BCUT2D eigenvalue weighted by atomic mass is 10.1. The van der Waals surface area contributed by atoms with Crippen molar-refractivity contribution in [1.29, 1.82) is 0 Å². The maximum atomic E-state index is 13.2. The van der Waals surface area contributed by atoms with Crippen LogP contribution < -0.4 is 15.4 Å². The number of benzene rings is 2. The Hall–Kier alpha value is -3.43. The van der Waals surface area contributed by atoms with E-state index in [1.165, 1.54) is 25.4 Å². The van der Waals surface area contributed by atoms with Crippen molar-refractivity contribution in [3.8, 4) is 17.0 Å². The molecule has 176 valence electrons. The van der Waals surface area contributed by atoms with Gasteiger partial charge < -0.3 is 20.3 Å². The first-order chi connectivity index (χ1) is 16.4. The fourth-order valence-corrected chi connectivity index (χ4v) is 4.76. The van der Waals surface area contributed by atoms with Gasteiger partial charge in [-0.2, -0.15) is 0 Å². The van der Waals surface area contributed by atoms with Gasteiger partial charge in [-0.15, -0.1) is 11.3 Å². The fourth-order valence-electron chi connectivity index (χ4n) is 3.86. The van der Waals surface area contributed by atoms with Gasteiger partial charge in [0, 0.05) is 35.1 Å². The number of nitrogens with zero attached hydrogens (tertiary/aromatic N) is 2. The summed E-state index contributed by atoms with van der Waals surface area (Å²) in [4.78, 5) is 43.5. The van der Waals surface area contributed by atoms with Crippen molar-refractivity contribution in [3.63, 3.8) is 0 Å². The highest BCUT2D eigenvalue weighted by molar-refractivity contribution is 7.14. The molecular weight excluding hydrogens is 476 g/mol. The molecule has 0 aliphatic carbocycles. The molecule has 0 radical (unpaired) electrons. The van der Waals surface area contributed by atoms with Crippen LogP contribution in [0.15, 0.2) is 47.8 Å². The Morgan fingerprint density at radius 3 is 2.62 bits per heavy atom. The quantitative estimate of drug-likeness (QED) is 0.514. The lowest BCUT2D eigenvalue weighted by Crippen LogP contribution is -2.43. The Balaban J connectivity index is 1.46. The Bertz CT molecular complexity index is 1230. The summed E-state index contributed by atoms with van der Waals surface area (Å²) in [5.41, 5.74) is 2.59. The fraction of sp³-hybridized carbons (Fsp3) is 0.250. The second-order valence-electron chi connectivity index (χ2n) is 7.79. The van der Waals surface area contributed by atoms with Gasteiger partial charge in [-0.3, -0.25) is 14.4 Å². The minimum atomic E-state index is -0.611. The normalized spacial score (nSPS) is 15.1. The van der Waals surface area contributed by atoms with E-state index in [0.717, 1.165) is 12.0 Å². The topological polar surface area (TPSA) is 101 Å². The summed E-state index contributed by atoms with van der Waals surface area (Å²) < 4.78 is 5.31. The minimum absolute atomic E-state index is 0.139. The van der Waals surface area contributed by atoms with Crippen molar-refractivity contribution < 1.29 is 19.1 Å². The molecule has 1 unspecified atom stereocenters. The predicted molar refractivity (Wildman–Crippen MR) is 133 cm³/mol. The van der Waals surface area contributed by atoms with E-state index in [-0.39, 0.29) is 17.7 Å². The number of carbonyl (C=O) groups excluding carboxylic acids is 3. The van der Waals surface area contributed by atoms with Crippen LogP contribution in [0.4, 0.5) is 10.8 Å². The Morgan fingerprint density at radius 2 is 1.91 bits per heavy atom. The first kappa shape index (κ1) is 23.7. The number of rotatable bonds is 6. The predicted octanol–water partition coefficient (Wildman–Crippen LogP) is 4.67. The third-order valence-electron chi connectivity index (χ3n) is 5.44. The van der Waals surface area contributed by atoms with Crippen molar-refractivity contribution >= 4 is 51.5 Å². The summed E-state index contributed by atoms with van der Waals surface area (Å²) >= 11 is 7.39. The molecule has 3 aromatic rings. The van der Waals surface area contributed by atoms with Gasteiger partial charge in [-0.1, -0.05) is 23.7 Å². The lowest BCUT2D eigenvalue weighted by molar-refractivity contribution is -0.119. The van der Waals surface area contributed by atoms with Crippen LogP contribution in [0.2, 0.25) is 5.02 Å². The smallest absolute Gasteiger partial charge is 0.258 e. The number of hydrogen-bond acceptors (Lipinski definition) is 6. The van der Waals surface area contributed by atoms with Crippen molar-refractivity contribution in [2.24, 2.45) is 0 Å². The molecule has 1 aromatic heterocycles. The van der Waals surface area contributed by atoms with Crippen LogP contribution in [-0.2, 0) is 9.59 Å². The highest BCUT2D eigenvalue weighted by atomic mass is 35.5. The van der Waals surface area contributed by atoms with E-state index in [9.17, 15) is 14.4 Å². The lowest BCUT2D eigenvalue weighted by Gasteiger charge is -2.24. The summed E-state index contributed by atoms with van der Waals surface area (Å²) in [7, 11) is 1.49. The van der Waals surface area contributed by atoms with Gasteiger partial charge in [0.25, 0.3) is 5.91 Å². The van der Waals surface area contributed by atoms with Crippen molar-refractivity contribution in [3.05, 3.63) is 58.4 Å². The molecule has 0 spiro atoms. The zero-order valence-corrected chi connectivity index (χ0v) is 20.2. The number of likely N-dealkylation sites (tertiary alicyclic amines) is 1. The third-order valence-corrected chi connectivity index (χ3v) is 6.44. The van der Waals surface area contributed by atoms with Crippen LogP contribution in [0, 0.1) is 0 Å². The number of anilines is 2. The zero-order chi connectivity index (χ0) is 24.2. The van der Waals surface area contributed by atoms with E-state index in [0.29, 0.717) is 45.8 Å². The largest absolute Gasteiger partial charge is 0.496 e. The molecule has 34 heavy (non-hydrogen) atoms. The molecule has 0 saturated carbocycles. The summed E-state index contributed by atoms with van der Waals surface area (Å²) in [6.45, 7) is 1.92. The summed E-state index contributed by atoms with van der Waals surface area (Å²) in [5, 5.41) is 8.28. The van der Waals surface area contributed by atoms with E-state index >= 15 is 0 Å². The van der Waals surface area contributed by atoms with Crippen LogP contribution >= 0.6 is 22.9 Å². The highest BCUT2D eigenvalue weighted by Gasteiger charge is 2.36. The average Bonchev–Trinajstić information content (AvgIpc) is 3.49. The Labute approximate surface area is 205 Å². The molecule has 2 heterocycles. The number of halogens is 1. The monoisotopic (exact) mass is 498 g/mol. The van der Waals surface area contributed by atoms with Crippen molar-refractivity contribution in [2.45, 2.75) is 25.8 Å². The van der Waals surface area contributed by atoms with Crippen LogP contribution in [0.25, 0.3) is 11.3 Å². The maximum absolute atomic E-state index is 13.2. The van der Waals surface area contributed by atoms with Gasteiger partial charge in [0.2, 0.25) is 11.8 Å². The second-order valence-corrected chi connectivity index (χ2v) is 9.08. The van der Waals surface area contributed by atoms with E-state index in [2.05, 4.69) is 15.6 Å². The molecule has 1 atom stereocenters. The van der Waals surface area contributed by atoms with Gasteiger partial charge in [0.1, 0.15) is 11.8 Å². The second kappa shape index (κ2) is 10.2. The molecule has 1 aliphatic rings. The molecule has 4 rings (SSSR count). The number of nitrogens with one attached hydrogen (secondary N) is 2. The van der Waals surface area contributed by atoms with Gasteiger partial charge in [-0.05, 0) is 43.2 Å². The Kier molecular flexibility index (Phi) is 7.14. The molecule has 3 amide bonds. The maximum Gasteiger partial charge on any atom is 0.258 e. The molecule has 2 N–H and O–H groups in total. The van der Waals surface area contributed by atoms with E-state index in [4.69, 9.17) is 16.3 Å². The molecule has 8 nitrogen and oxygen atoms in total. The third kappa shape index (κ3) is 5.21. The number of ether oxygens (including phenoxy) is 1. The SMILES string of the molecule is COc1ccc(Cl)cc1C(=O)N1CCCC1C(=O)Nc1nc(-c2ccc(NC(C)=O)cc2)cs1. The molecule has 10 heteroatoms. The number of methoxy groups -OCH3 is 1. The molecule has 2 aromatic carbocycles. The average molecular weight is 499 g/mol. The minimum Gasteiger partial charge on any atom is -0.496 e. The van der Waals surface area contributed by atoms with Gasteiger partial charge in [0.05, 0.1) is 18.4 Å². The highest BCUT2D eigenvalue weighted by Crippen LogP contribution is 2.30. The van der Waals surface area contributed by atoms with Crippen LogP contribution in [0.1, 0.15) is 30.1 Å². The number of amides is 3. The molecule has 1 aliphatic heterocycles. The summed E-state index contributed by atoms with van der Waals surface area (Å²) in [6, 6.07) is 11.5. The van der Waals surface area contributed by atoms with E-state index < -0.39 is 6.04 Å². The first-order valence-corrected chi connectivity index (χ1v) is 11.9. The van der Waals surface area contributed by atoms with Crippen LogP contribution in [-0.4, -0.2) is 47.3 Å². The van der Waals surface area contributed by atoms with E-state index in [1.807, 2.05) is 17.5 Å². The van der Waals surface area contributed by atoms with Crippen molar-refractivity contribution in [1.82, 2.24) is 9.88 Å². The van der Waals surface area contributed by atoms with Crippen molar-refractivity contribution in [2.75, 3.05) is 24.3 Å². The number of hydrogen-bond donors (Lipinski definition) is 2. The van der Waals surface area contributed by atoms with Crippen LogP contribution in [0.3, 0.4) is 0 Å². The molecule has 0 bridgehead atoms. The van der Waals surface area contributed by atoms with Gasteiger partial charge in [0.15, 0.2) is 5.13 Å². The number of thiazole rings is 1. The summed E-state index contributed by atoms with van der Waals surface area (Å²) in [6.07, 6.45) is 1.28. The first-order valence-electron chi connectivity index (χ1n) is 10.6. The Morgan fingerprint density at radius 1 is 1.15 bits per heavy atom.